The summed E-state index contributed by atoms with van der Waals surface area (Å²) < 4.78 is 48.6. The predicted octanol–water partition coefficient (Wildman–Crippen LogP) is 1.60. The lowest BCUT2D eigenvalue weighted by Crippen LogP contribution is -2.13. The van der Waals surface area contributed by atoms with Gasteiger partial charge in [-0.25, -0.2) is 9.18 Å². The van der Waals surface area contributed by atoms with Crippen LogP contribution in [0.5, 0.6) is 0 Å². The van der Waals surface area contributed by atoms with Crippen LogP contribution in [0.3, 0.4) is 0 Å². The summed E-state index contributed by atoms with van der Waals surface area (Å²) >= 11 is 0. The Morgan fingerprint density at radius 1 is 1.50 bits per heavy atom. The molecule has 0 saturated carbocycles. The molecule has 1 aromatic rings. The van der Waals surface area contributed by atoms with Gasteiger partial charge < -0.3 is 5.11 Å². The van der Waals surface area contributed by atoms with E-state index in [2.05, 4.69) is 5.10 Å². The summed E-state index contributed by atoms with van der Waals surface area (Å²) in [6, 6.07) is 0. The monoisotopic (exact) mass is 212 g/mol. The van der Waals surface area contributed by atoms with Crippen LogP contribution in [0.2, 0.25) is 0 Å². The highest BCUT2D eigenvalue weighted by atomic mass is 19.4. The summed E-state index contributed by atoms with van der Waals surface area (Å²) in [6.07, 6.45) is -4.93. The minimum atomic E-state index is -4.93. The average molecular weight is 212 g/mol. The van der Waals surface area contributed by atoms with Crippen molar-refractivity contribution < 1.29 is 27.5 Å². The highest BCUT2D eigenvalue weighted by Crippen LogP contribution is 2.33. The van der Waals surface area contributed by atoms with E-state index in [-0.39, 0.29) is 0 Å². The lowest BCUT2D eigenvalue weighted by atomic mass is 10.2. The number of hydrogen-bond acceptors (Lipinski definition) is 2. The number of halogens is 4. The quantitative estimate of drug-likeness (QED) is 0.731. The van der Waals surface area contributed by atoms with Crippen molar-refractivity contribution in [3.05, 3.63) is 17.0 Å². The van der Waals surface area contributed by atoms with Crippen molar-refractivity contribution >= 4 is 5.97 Å². The van der Waals surface area contributed by atoms with E-state index < -0.39 is 35.8 Å². The molecule has 0 bridgehead atoms. The van der Waals surface area contributed by atoms with Crippen molar-refractivity contribution in [1.29, 1.82) is 0 Å². The topological polar surface area (TPSA) is 66.0 Å². The molecule has 0 spiro atoms. The molecule has 0 aliphatic carbocycles. The average Bonchev–Trinajstić information content (AvgIpc) is 2.45. The number of H-pyrrole nitrogens is 1. The van der Waals surface area contributed by atoms with E-state index in [1.165, 1.54) is 0 Å². The van der Waals surface area contributed by atoms with Gasteiger partial charge in [-0.05, 0) is 0 Å². The van der Waals surface area contributed by atoms with Crippen molar-refractivity contribution in [1.82, 2.24) is 10.2 Å². The van der Waals surface area contributed by atoms with Gasteiger partial charge in [0.15, 0.2) is 5.69 Å². The molecule has 2 N–H and O–H groups in total. The van der Waals surface area contributed by atoms with Gasteiger partial charge in [-0.15, -0.1) is 0 Å². The largest absolute Gasteiger partial charge is 0.477 e. The summed E-state index contributed by atoms with van der Waals surface area (Å²) in [5, 5.41) is 12.9. The molecule has 1 rings (SSSR count). The van der Waals surface area contributed by atoms with Crippen LogP contribution in [-0.4, -0.2) is 21.3 Å². The highest BCUT2D eigenvalue weighted by Gasteiger charge is 2.40. The van der Waals surface area contributed by atoms with Crippen molar-refractivity contribution in [2.75, 3.05) is 0 Å². The second kappa shape index (κ2) is 3.28. The fraction of sp³-hybridized carbons (Fsp3) is 0.333. The SMILES string of the molecule is O=C(O)c1[nH]nc(CF)c1C(F)(F)F. The predicted molar refractivity (Wildman–Crippen MR) is 35.4 cm³/mol. The van der Waals surface area contributed by atoms with Gasteiger partial charge in [0.05, 0.1) is 0 Å². The van der Waals surface area contributed by atoms with E-state index >= 15 is 0 Å². The number of aromatic nitrogens is 2. The molecule has 0 aliphatic rings. The maximum atomic E-state index is 12.2. The molecule has 0 aliphatic heterocycles. The Hall–Kier alpha value is -1.60. The molecule has 8 heteroatoms. The number of nitrogens with zero attached hydrogens (tertiary/aromatic N) is 1. The fourth-order valence-corrected chi connectivity index (χ4v) is 0.936. The maximum absolute atomic E-state index is 12.2. The Morgan fingerprint density at radius 2 is 2.07 bits per heavy atom. The van der Waals surface area contributed by atoms with Gasteiger partial charge in [0.1, 0.15) is 17.9 Å². The van der Waals surface area contributed by atoms with Crippen LogP contribution < -0.4 is 0 Å². The molecule has 0 aromatic carbocycles. The minimum absolute atomic E-state index is 0.949. The summed E-state index contributed by atoms with van der Waals surface area (Å²) in [7, 11) is 0. The van der Waals surface area contributed by atoms with E-state index in [1.807, 2.05) is 0 Å². The first kappa shape index (κ1) is 10.5. The third-order valence-corrected chi connectivity index (χ3v) is 1.47. The molecule has 1 aromatic heterocycles. The van der Waals surface area contributed by atoms with E-state index in [0.29, 0.717) is 0 Å². The number of aromatic amines is 1. The number of rotatable bonds is 2. The Bertz CT molecular complexity index is 357. The number of alkyl halides is 4. The van der Waals surface area contributed by atoms with Crippen LogP contribution in [-0.2, 0) is 12.9 Å². The molecule has 0 fully saturated rings. The molecule has 0 amide bonds. The number of carboxylic acids is 1. The molecule has 4 nitrogen and oxygen atoms in total. The number of aromatic carboxylic acids is 1. The first-order chi connectivity index (χ1) is 6.38. The first-order valence-corrected chi connectivity index (χ1v) is 3.31. The molecule has 0 atom stereocenters. The molecular formula is C6H4F4N2O2. The lowest BCUT2D eigenvalue weighted by Gasteiger charge is -2.05. The molecule has 78 valence electrons. The van der Waals surface area contributed by atoms with Gasteiger partial charge >= 0.3 is 12.1 Å². The van der Waals surface area contributed by atoms with Gasteiger partial charge in [0, 0.05) is 0 Å². The Labute approximate surface area is 74.5 Å². The van der Waals surface area contributed by atoms with Crippen molar-refractivity contribution in [3.63, 3.8) is 0 Å². The van der Waals surface area contributed by atoms with Crippen LogP contribution in [0.15, 0.2) is 0 Å². The summed E-state index contributed by atoms with van der Waals surface area (Å²) in [6.45, 7) is -1.47. The zero-order valence-electron chi connectivity index (χ0n) is 6.52. The molecule has 0 radical (unpaired) electrons. The summed E-state index contributed by atoms with van der Waals surface area (Å²) in [5.74, 6) is -1.83. The minimum Gasteiger partial charge on any atom is -0.477 e. The number of nitrogens with one attached hydrogen (secondary N) is 1. The van der Waals surface area contributed by atoms with Crippen molar-refractivity contribution in [3.8, 4) is 0 Å². The maximum Gasteiger partial charge on any atom is 0.420 e. The van der Waals surface area contributed by atoms with Crippen LogP contribution in [0.4, 0.5) is 17.6 Å². The van der Waals surface area contributed by atoms with Crippen LogP contribution in [0.1, 0.15) is 21.7 Å². The van der Waals surface area contributed by atoms with Gasteiger partial charge in [-0.1, -0.05) is 0 Å². The second-order valence-corrected chi connectivity index (χ2v) is 2.36. The van der Waals surface area contributed by atoms with Gasteiger partial charge in [0.25, 0.3) is 0 Å². The Balaban J connectivity index is 3.34. The summed E-state index contributed by atoms with van der Waals surface area (Å²) in [5.41, 5.74) is -3.66. The van der Waals surface area contributed by atoms with E-state index in [1.54, 1.807) is 5.10 Å². The van der Waals surface area contributed by atoms with Gasteiger partial charge in [-0.2, -0.15) is 18.3 Å². The summed E-state index contributed by atoms with van der Waals surface area (Å²) in [4.78, 5) is 10.3. The van der Waals surface area contributed by atoms with Crippen molar-refractivity contribution in [2.24, 2.45) is 0 Å². The number of carbonyl (C=O) groups is 1. The molecular weight excluding hydrogens is 208 g/mol. The third-order valence-electron chi connectivity index (χ3n) is 1.47. The number of hydrogen-bond donors (Lipinski definition) is 2. The molecule has 0 unspecified atom stereocenters. The Kier molecular flexibility index (Phi) is 2.45. The van der Waals surface area contributed by atoms with Crippen LogP contribution >= 0.6 is 0 Å². The molecule has 1 heterocycles. The fourth-order valence-electron chi connectivity index (χ4n) is 0.936. The van der Waals surface area contributed by atoms with Crippen molar-refractivity contribution in [2.45, 2.75) is 12.9 Å². The van der Waals surface area contributed by atoms with Gasteiger partial charge in [-0.3, -0.25) is 5.10 Å². The number of carboxylic acid groups (broad SMARTS) is 1. The van der Waals surface area contributed by atoms with Crippen LogP contribution in [0, 0.1) is 0 Å². The third kappa shape index (κ3) is 1.68. The van der Waals surface area contributed by atoms with E-state index in [4.69, 9.17) is 5.11 Å². The standard InChI is InChI=1S/C6H4F4N2O2/c7-1-2-3(6(8,9)10)4(5(13)14)12-11-2/h1H2,(H,11,12)(H,13,14). The van der Waals surface area contributed by atoms with Gasteiger partial charge in [0.2, 0.25) is 0 Å². The van der Waals surface area contributed by atoms with E-state index in [9.17, 15) is 22.4 Å². The molecule has 14 heavy (non-hydrogen) atoms. The first-order valence-electron chi connectivity index (χ1n) is 3.31. The zero-order valence-corrected chi connectivity index (χ0v) is 6.52. The zero-order chi connectivity index (χ0) is 10.9. The molecule has 0 saturated heterocycles. The lowest BCUT2D eigenvalue weighted by molar-refractivity contribution is -0.138. The smallest absolute Gasteiger partial charge is 0.420 e. The normalized spacial score (nSPS) is 11.7. The second-order valence-electron chi connectivity index (χ2n) is 2.36. The highest BCUT2D eigenvalue weighted by molar-refractivity contribution is 5.87. The Morgan fingerprint density at radius 3 is 2.43 bits per heavy atom. The van der Waals surface area contributed by atoms with E-state index in [0.717, 1.165) is 0 Å². The van der Waals surface area contributed by atoms with Crippen LogP contribution in [0.25, 0.3) is 0 Å².